The molecule has 8 nitrogen and oxygen atoms in total. The number of aromatic nitrogens is 6. The number of rotatable bonds is 2. The molecule has 0 spiro atoms. The van der Waals surface area contributed by atoms with Crippen molar-refractivity contribution in [2.45, 2.75) is 12.5 Å². The van der Waals surface area contributed by atoms with E-state index in [1.54, 1.807) is 47.7 Å². The maximum absolute atomic E-state index is 13.9. The number of ether oxygens (including phenoxy) is 1. The van der Waals surface area contributed by atoms with E-state index in [9.17, 15) is 9.65 Å². The fourth-order valence-electron chi connectivity index (χ4n) is 4.03. The van der Waals surface area contributed by atoms with Crippen molar-refractivity contribution in [3.05, 3.63) is 72.2 Å². The number of imidazole rings is 2. The largest absolute Gasteiger partial charge is 0.493 e. The summed E-state index contributed by atoms with van der Waals surface area (Å²) >= 11 is 0. The molecule has 0 bridgehead atoms. The van der Waals surface area contributed by atoms with Gasteiger partial charge >= 0.3 is 0 Å². The van der Waals surface area contributed by atoms with Gasteiger partial charge in [0.05, 0.1) is 47.8 Å². The van der Waals surface area contributed by atoms with Crippen molar-refractivity contribution in [3.63, 3.8) is 0 Å². The van der Waals surface area contributed by atoms with Crippen LogP contribution in [0.2, 0.25) is 0 Å². The lowest BCUT2D eigenvalue weighted by molar-refractivity contribution is 0.257. The number of hydrogen-bond acceptors (Lipinski definition) is 6. The molecule has 1 aliphatic heterocycles. The highest BCUT2D eigenvalue weighted by molar-refractivity contribution is 5.79. The number of nitriles is 1. The number of halogens is 1. The first kappa shape index (κ1) is 17.5. The van der Waals surface area contributed by atoms with Crippen molar-refractivity contribution >= 4 is 22.2 Å². The average Bonchev–Trinajstić information content (AvgIpc) is 3.41. The number of hydrogen-bond donors (Lipinski definition) is 0. The second-order valence-corrected chi connectivity index (χ2v) is 7.30. The van der Waals surface area contributed by atoms with Crippen molar-refractivity contribution in [2.75, 3.05) is 6.61 Å². The van der Waals surface area contributed by atoms with Gasteiger partial charge in [0.1, 0.15) is 23.4 Å². The van der Waals surface area contributed by atoms with Gasteiger partial charge in [0.15, 0.2) is 5.65 Å². The van der Waals surface area contributed by atoms with Gasteiger partial charge in [-0.15, -0.1) is 0 Å². The molecule has 4 heterocycles. The zero-order chi connectivity index (χ0) is 20.9. The molecule has 0 amide bonds. The van der Waals surface area contributed by atoms with E-state index in [4.69, 9.17) is 9.72 Å². The maximum Gasteiger partial charge on any atom is 0.237 e. The molecular weight excluding hydrogens is 397 g/mol. The van der Waals surface area contributed by atoms with Gasteiger partial charge in [0, 0.05) is 12.0 Å². The van der Waals surface area contributed by atoms with Crippen LogP contribution in [0.3, 0.4) is 0 Å². The molecule has 0 N–H and O–H groups in total. The van der Waals surface area contributed by atoms with Crippen LogP contribution in [0.1, 0.15) is 23.6 Å². The van der Waals surface area contributed by atoms with Crippen LogP contribution in [0.4, 0.5) is 4.39 Å². The van der Waals surface area contributed by atoms with Crippen molar-refractivity contribution in [1.29, 1.82) is 5.26 Å². The smallest absolute Gasteiger partial charge is 0.237 e. The van der Waals surface area contributed by atoms with Crippen LogP contribution >= 0.6 is 0 Å². The summed E-state index contributed by atoms with van der Waals surface area (Å²) in [4.78, 5) is 18.0. The molecule has 3 aromatic heterocycles. The summed E-state index contributed by atoms with van der Waals surface area (Å²) in [5.41, 5.74) is 4.03. The van der Waals surface area contributed by atoms with Crippen molar-refractivity contribution < 1.29 is 9.13 Å². The summed E-state index contributed by atoms with van der Waals surface area (Å²) in [5, 5.41) is 9.23. The Morgan fingerprint density at radius 3 is 2.87 bits per heavy atom. The molecule has 2 aromatic carbocycles. The molecule has 6 rings (SSSR count). The van der Waals surface area contributed by atoms with Gasteiger partial charge in [-0.1, -0.05) is 0 Å². The molecule has 5 aromatic rings. The highest BCUT2D eigenvalue weighted by atomic mass is 19.1. The van der Waals surface area contributed by atoms with Gasteiger partial charge < -0.3 is 9.30 Å². The van der Waals surface area contributed by atoms with Gasteiger partial charge in [-0.3, -0.25) is 4.57 Å². The Kier molecular flexibility index (Phi) is 3.73. The molecule has 9 heteroatoms. The predicted molar refractivity (Wildman–Crippen MR) is 109 cm³/mol. The van der Waals surface area contributed by atoms with Crippen molar-refractivity contribution in [1.82, 2.24) is 29.1 Å². The van der Waals surface area contributed by atoms with Crippen LogP contribution in [-0.4, -0.2) is 35.7 Å². The second kappa shape index (κ2) is 6.60. The Balaban J connectivity index is 1.51. The summed E-state index contributed by atoms with van der Waals surface area (Å²) < 4.78 is 23.3. The first-order valence-corrected chi connectivity index (χ1v) is 9.71. The number of fused-ring (bicyclic) bond motifs is 3. The van der Waals surface area contributed by atoms with Crippen LogP contribution < -0.4 is 4.74 Å². The van der Waals surface area contributed by atoms with Crippen molar-refractivity contribution in [2.24, 2.45) is 0 Å². The van der Waals surface area contributed by atoms with E-state index < -0.39 is 0 Å². The van der Waals surface area contributed by atoms with E-state index in [2.05, 4.69) is 21.0 Å². The Morgan fingerprint density at radius 2 is 1.97 bits per heavy atom. The molecular formula is C22H14FN7O. The van der Waals surface area contributed by atoms with E-state index in [0.717, 1.165) is 16.6 Å². The molecule has 1 atom stereocenters. The first-order chi connectivity index (χ1) is 15.2. The number of benzene rings is 2. The quantitative estimate of drug-likeness (QED) is 0.441. The highest BCUT2D eigenvalue weighted by Crippen LogP contribution is 2.36. The lowest BCUT2D eigenvalue weighted by Crippen LogP contribution is -2.20. The SMILES string of the molecule is N#Cc1ccc2ncn(-c3ncc4ncn(C5CCOc6ccc(F)cc65)c4n3)c2c1. The monoisotopic (exact) mass is 411 g/mol. The van der Waals surface area contributed by atoms with Gasteiger partial charge in [0.25, 0.3) is 0 Å². The molecule has 1 unspecified atom stereocenters. The van der Waals surface area contributed by atoms with E-state index in [1.807, 2.05) is 4.57 Å². The molecule has 0 fully saturated rings. The zero-order valence-electron chi connectivity index (χ0n) is 16.1. The average molecular weight is 411 g/mol. The summed E-state index contributed by atoms with van der Waals surface area (Å²) in [6, 6.07) is 11.8. The van der Waals surface area contributed by atoms with Crippen LogP contribution in [0.25, 0.3) is 28.1 Å². The standard InChI is InChI=1S/C22H14FN7O/c23-14-2-4-20-15(8-14)18(5-6-31-20)29-11-27-17-10-25-22(28-21(17)29)30-12-26-16-3-1-13(9-24)7-19(16)30/h1-4,7-8,10-12,18H,5-6H2. The normalized spacial score (nSPS) is 15.5. The minimum Gasteiger partial charge on any atom is -0.493 e. The van der Waals surface area contributed by atoms with Crippen LogP contribution in [-0.2, 0) is 0 Å². The van der Waals surface area contributed by atoms with Crippen LogP contribution in [0.15, 0.2) is 55.2 Å². The second-order valence-electron chi connectivity index (χ2n) is 7.30. The fraction of sp³-hybridized carbons (Fsp3) is 0.136. The maximum atomic E-state index is 13.9. The van der Waals surface area contributed by atoms with Gasteiger partial charge in [-0.05, 0) is 36.4 Å². The third-order valence-electron chi connectivity index (χ3n) is 5.51. The van der Waals surface area contributed by atoms with Crippen LogP contribution in [0.5, 0.6) is 5.75 Å². The summed E-state index contributed by atoms with van der Waals surface area (Å²) in [6.07, 6.45) is 5.65. The molecule has 0 aliphatic carbocycles. The lowest BCUT2D eigenvalue weighted by atomic mass is 10.0. The minimum absolute atomic E-state index is 0.156. The highest BCUT2D eigenvalue weighted by Gasteiger charge is 2.26. The minimum atomic E-state index is -0.313. The van der Waals surface area contributed by atoms with E-state index in [0.29, 0.717) is 41.5 Å². The third kappa shape index (κ3) is 2.73. The van der Waals surface area contributed by atoms with Gasteiger partial charge in [0.2, 0.25) is 5.95 Å². The Morgan fingerprint density at radius 1 is 1.06 bits per heavy atom. The van der Waals surface area contributed by atoms with E-state index >= 15 is 0 Å². The topological polar surface area (TPSA) is 94.4 Å². The Hall–Kier alpha value is -4.32. The summed E-state index contributed by atoms with van der Waals surface area (Å²) in [6.45, 7) is 0.518. The van der Waals surface area contributed by atoms with Crippen molar-refractivity contribution in [3.8, 4) is 17.8 Å². The van der Waals surface area contributed by atoms with Gasteiger partial charge in [-0.2, -0.15) is 10.2 Å². The molecule has 0 radical (unpaired) electrons. The summed E-state index contributed by atoms with van der Waals surface area (Å²) in [5.74, 6) is 0.768. The summed E-state index contributed by atoms with van der Waals surface area (Å²) in [7, 11) is 0. The molecule has 0 saturated carbocycles. The predicted octanol–water partition coefficient (Wildman–Crippen LogP) is 3.55. The molecule has 1 aliphatic rings. The van der Waals surface area contributed by atoms with E-state index in [-0.39, 0.29) is 11.9 Å². The lowest BCUT2D eigenvalue weighted by Gasteiger charge is -2.27. The zero-order valence-corrected chi connectivity index (χ0v) is 16.1. The number of nitrogens with zero attached hydrogens (tertiary/aromatic N) is 7. The Labute approximate surface area is 175 Å². The van der Waals surface area contributed by atoms with E-state index in [1.165, 1.54) is 12.1 Å². The van der Waals surface area contributed by atoms with Gasteiger partial charge in [-0.25, -0.2) is 19.3 Å². The first-order valence-electron chi connectivity index (χ1n) is 9.71. The fourth-order valence-corrected chi connectivity index (χ4v) is 4.03. The van der Waals surface area contributed by atoms with Crippen LogP contribution in [0, 0.1) is 17.1 Å². The Bertz CT molecular complexity index is 1510. The molecule has 0 saturated heterocycles. The molecule has 150 valence electrons. The molecule has 31 heavy (non-hydrogen) atoms. The third-order valence-corrected chi connectivity index (χ3v) is 5.51.